The number of hydrogen-bond acceptors (Lipinski definition) is 8. The van der Waals surface area contributed by atoms with Gasteiger partial charge in [0.1, 0.15) is 16.2 Å². The molecule has 0 saturated heterocycles. The summed E-state index contributed by atoms with van der Waals surface area (Å²) in [6.45, 7) is 0.294. The molecule has 0 unspecified atom stereocenters. The van der Waals surface area contributed by atoms with Crippen LogP contribution in [0.2, 0.25) is 0 Å². The molecule has 31 heavy (non-hydrogen) atoms. The van der Waals surface area contributed by atoms with Gasteiger partial charge in [-0.3, -0.25) is 13.9 Å². The van der Waals surface area contributed by atoms with Crippen LogP contribution in [-0.4, -0.2) is 24.7 Å². The summed E-state index contributed by atoms with van der Waals surface area (Å²) in [6, 6.07) is 15.2. The molecule has 0 bridgehead atoms. The maximum absolute atomic E-state index is 13.4. The van der Waals surface area contributed by atoms with Crippen LogP contribution in [-0.2, 0) is 6.54 Å². The molecule has 158 valence electrons. The number of rotatable bonds is 4. The van der Waals surface area contributed by atoms with Gasteiger partial charge in [-0.2, -0.15) is 0 Å². The molecule has 0 atom stereocenters. The Balaban J connectivity index is 1.69. The number of amidine groups is 1. The summed E-state index contributed by atoms with van der Waals surface area (Å²) in [5.41, 5.74) is 3.95. The largest absolute Gasteiger partial charge is 0.506 e. The second kappa shape index (κ2) is 7.20. The summed E-state index contributed by atoms with van der Waals surface area (Å²) in [5.74, 6) is -0.423. The molecule has 1 aliphatic heterocycles. The smallest absolute Gasteiger partial charge is 0.284 e. The van der Waals surface area contributed by atoms with E-state index in [0.717, 1.165) is 5.56 Å². The van der Waals surface area contributed by atoms with E-state index in [1.165, 1.54) is 10.9 Å². The summed E-state index contributed by atoms with van der Waals surface area (Å²) in [5, 5.41) is 14.3. The van der Waals surface area contributed by atoms with Crippen LogP contribution in [0.15, 0.2) is 85.6 Å². The number of fused-ring (bicyclic) bond motifs is 2. The van der Waals surface area contributed by atoms with Crippen molar-refractivity contribution < 1.29 is 18.6 Å². The second-order valence-corrected chi connectivity index (χ2v) is 8.59. The van der Waals surface area contributed by atoms with E-state index in [9.17, 15) is 19.0 Å². The first-order chi connectivity index (χ1) is 15.0. The number of pyridine rings is 1. The molecule has 0 fully saturated rings. The maximum Gasteiger partial charge on any atom is 0.284 e. The van der Waals surface area contributed by atoms with E-state index < -0.39 is 16.3 Å². The first-order valence-corrected chi connectivity index (χ1v) is 10.8. The van der Waals surface area contributed by atoms with Crippen molar-refractivity contribution in [3.8, 4) is 5.75 Å². The van der Waals surface area contributed by atoms with E-state index in [0.29, 0.717) is 23.1 Å². The molecule has 0 saturated carbocycles. The highest BCUT2D eigenvalue weighted by Gasteiger charge is 2.30. The van der Waals surface area contributed by atoms with Gasteiger partial charge in [-0.25, -0.2) is 4.68 Å². The third-order valence-corrected chi connectivity index (χ3v) is 6.35. The van der Waals surface area contributed by atoms with Crippen molar-refractivity contribution in [3.05, 3.63) is 88.6 Å². The molecule has 2 aromatic heterocycles. The van der Waals surface area contributed by atoms with Crippen molar-refractivity contribution in [2.45, 2.75) is 11.4 Å². The highest BCUT2D eigenvalue weighted by molar-refractivity contribution is 8.23. The van der Waals surface area contributed by atoms with Crippen molar-refractivity contribution in [2.24, 2.45) is 4.40 Å². The van der Waals surface area contributed by atoms with E-state index in [2.05, 4.69) is 15.1 Å². The lowest BCUT2D eigenvalue weighted by atomic mass is 10.1. The summed E-state index contributed by atoms with van der Waals surface area (Å²) in [7, 11) is -3.55. The fourth-order valence-electron chi connectivity index (χ4n) is 3.50. The zero-order valence-electron chi connectivity index (χ0n) is 16.0. The zero-order valence-corrected chi connectivity index (χ0v) is 16.8. The molecule has 0 aliphatic carbocycles. The Labute approximate surface area is 177 Å². The van der Waals surface area contributed by atoms with E-state index in [1.54, 1.807) is 60.9 Å². The Morgan fingerprint density at radius 2 is 1.87 bits per heavy atom. The number of anilines is 1. The van der Waals surface area contributed by atoms with Crippen molar-refractivity contribution in [3.63, 3.8) is 0 Å². The summed E-state index contributed by atoms with van der Waals surface area (Å²) in [4.78, 5) is 13.6. The summed E-state index contributed by atoms with van der Waals surface area (Å²) < 4.78 is 31.4. The molecule has 5 N–H and O–H groups in total. The molecule has 3 heterocycles. The Kier molecular flexibility index (Phi) is 4.47. The van der Waals surface area contributed by atoms with Gasteiger partial charge in [0, 0.05) is 10.9 Å². The van der Waals surface area contributed by atoms with Crippen LogP contribution >= 0.6 is 10.8 Å². The number of nitrogens with one attached hydrogen (secondary N) is 2. The second-order valence-electron chi connectivity index (χ2n) is 6.93. The molecular formula is C21H18N4O5S. The van der Waals surface area contributed by atoms with Gasteiger partial charge in [0.15, 0.2) is 5.84 Å². The summed E-state index contributed by atoms with van der Waals surface area (Å²) in [6.07, 6.45) is 3.09. The molecule has 1 aliphatic rings. The van der Waals surface area contributed by atoms with Gasteiger partial charge in [-0.15, -0.1) is 4.40 Å². The van der Waals surface area contributed by atoms with Gasteiger partial charge in [-0.1, -0.05) is 35.0 Å². The predicted octanol–water partition coefficient (Wildman–Crippen LogP) is 3.94. The SMILES string of the molecule is O=c1c(C2=NS(O)(O)c3ccccc3N2)c(O)c2ccccc2n1NCc1ccoc1. The van der Waals surface area contributed by atoms with Gasteiger partial charge in [-0.05, 0) is 30.3 Å². The number of hydrogen-bond donors (Lipinski definition) is 5. The fourth-order valence-corrected chi connectivity index (χ4v) is 4.67. The third kappa shape index (κ3) is 3.22. The first kappa shape index (κ1) is 19.2. The predicted molar refractivity (Wildman–Crippen MR) is 119 cm³/mol. The molecule has 0 radical (unpaired) electrons. The van der Waals surface area contributed by atoms with Crippen molar-refractivity contribution in [2.75, 3.05) is 10.7 Å². The van der Waals surface area contributed by atoms with Crippen LogP contribution in [0.3, 0.4) is 0 Å². The molecule has 5 rings (SSSR count). The van der Waals surface area contributed by atoms with Gasteiger partial charge in [0.25, 0.3) is 5.56 Å². The quantitative estimate of drug-likeness (QED) is 0.326. The van der Waals surface area contributed by atoms with Gasteiger partial charge in [0.2, 0.25) is 0 Å². The summed E-state index contributed by atoms with van der Waals surface area (Å²) >= 11 is 0. The Hall–Kier alpha value is -3.73. The minimum atomic E-state index is -3.55. The van der Waals surface area contributed by atoms with Crippen LogP contribution in [0.5, 0.6) is 5.75 Å². The van der Waals surface area contributed by atoms with E-state index in [1.807, 2.05) is 0 Å². The number of nitrogens with zero attached hydrogens (tertiary/aromatic N) is 2. The lowest BCUT2D eigenvalue weighted by Gasteiger charge is -2.34. The molecular weight excluding hydrogens is 420 g/mol. The molecule has 9 nitrogen and oxygen atoms in total. The van der Waals surface area contributed by atoms with Crippen LogP contribution in [0.4, 0.5) is 5.69 Å². The highest BCUT2D eigenvalue weighted by Crippen LogP contribution is 2.55. The lowest BCUT2D eigenvalue weighted by molar-refractivity contribution is 0.478. The van der Waals surface area contributed by atoms with Crippen molar-refractivity contribution in [1.82, 2.24) is 4.68 Å². The lowest BCUT2D eigenvalue weighted by Crippen LogP contribution is -2.36. The third-order valence-electron chi connectivity index (χ3n) is 4.97. The molecule has 0 spiro atoms. The maximum atomic E-state index is 13.4. The fraction of sp³-hybridized carbons (Fsp3) is 0.0476. The van der Waals surface area contributed by atoms with Crippen LogP contribution in [0.25, 0.3) is 10.9 Å². The molecule has 4 aromatic rings. The Bertz CT molecular complexity index is 1380. The topological polar surface area (TPSA) is 132 Å². The zero-order chi connectivity index (χ0) is 21.6. The van der Waals surface area contributed by atoms with E-state index in [4.69, 9.17) is 4.42 Å². The Morgan fingerprint density at radius 1 is 1.10 bits per heavy atom. The van der Waals surface area contributed by atoms with Crippen molar-refractivity contribution in [1.29, 1.82) is 0 Å². The monoisotopic (exact) mass is 438 g/mol. The number of aromatic hydroxyl groups is 1. The van der Waals surface area contributed by atoms with Gasteiger partial charge >= 0.3 is 0 Å². The Morgan fingerprint density at radius 3 is 2.68 bits per heavy atom. The van der Waals surface area contributed by atoms with Crippen LogP contribution in [0, 0.1) is 0 Å². The minimum absolute atomic E-state index is 0.120. The minimum Gasteiger partial charge on any atom is -0.506 e. The number of benzene rings is 2. The highest BCUT2D eigenvalue weighted by atomic mass is 32.3. The van der Waals surface area contributed by atoms with Gasteiger partial charge < -0.3 is 20.3 Å². The molecule has 0 amide bonds. The van der Waals surface area contributed by atoms with Crippen molar-refractivity contribution >= 4 is 33.2 Å². The number of aromatic nitrogens is 1. The van der Waals surface area contributed by atoms with Crippen LogP contribution < -0.4 is 16.3 Å². The molecule has 2 aromatic carbocycles. The first-order valence-electron chi connectivity index (χ1n) is 9.32. The van der Waals surface area contributed by atoms with E-state index in [-0.39, 0.29) is 22.0 Å². The van der Waals surface area contributed by atoms with E-state index >= 15 is 0 Å². The number of furan rings is 1. The average molecular weight is 438 g/mol. The average Bonchev–Trinajstić information content (AvgIpc) is 3.27. The normalized spacial score (nSPS) is 15.6. The van der Waals surface area contributed by atoms with Gasteiger partial charge in [0.05, 0.1) is 30.3 Å². The van der Waals surface area contributed by atoms with Crippen LogP contribution in [0.1, 0.15) is 11.1 Å². The number of para-hydroxylation sites is 2. The standard InChI is InChI=1S/C21H18N4O5S/c26-19-14-5-1-3-7-16(14)25(22-11-13-9-10-30-12-13)21(27)18(19)20-23-15-6-2-4-8-17(15)31(28,29)24-20/h1-10,12,22,26,28-29H,11H2,(H,23,24). The molecule has 10 heteroatoms.